The van der Waals surface area contributed by atoms with Crippen LogP contribution in [0.4, 0.5) is 0 Å². The first kappa shape index (κ1) is 14.8. The molecule has 19 heavy (non-hydrogen) atoms. The highest BCUT2D eigenvalue weighted by Crippen LogP contribution is 2.35. The second kappa shape index (κ2) is 6.72. The summed E-state index contributed by atoms with van der Waals surface area (Å²) in [6, 6.07) is 3.20. The summed E-state index contributed by atoms with van der Waals surface area (Å²) in [5.41, 5.74) is -0.234. The minimum Gasteiger partial charge on any atom is -0.300 e. The van der Waals surface area contributed by atoms with Crippen molar-refractivity contribution in [1.29, 1.82) is 5.26 Å². The number of piperidine rings is 1. The minimum atomic E-state index is -0.234. The average molecular weight is 263 g/mol. The van der Waals surface area contributed by atoms with Crippen LogP contribution in [0.15, 0.2) is 0 Å². The largest absolute Gasteiger partial charge is 0.300 e. The Morgan fingerprint density at radius 1 is 1.26 bits per heavy atom. The van der Waals surface area contributed by atoms with Crippen molar-refractivity contribution in [2.75, 3.05) is 19.6 Å². The third-order valence-electron chi connectivity index (χ3n) is 5.16. The zero-order chi connectivity index (χ0) is 13.7. The molecular weight excluding hydrogens is 234 g/mol. The molecule has 3 nitrogen and oxygen atoms in total. The first-order valence-electron chi connectivity index (χ1n) is 8.13. The van der Waals surface area contributed by atoms with Crippen LogP contribution in [0.2, 0.25) is 0 Å². The zero-order valence-corrected chi connectivity index (χ0v) is 12.6. The fraction of sp³-hybridized carbons (Fsp3) is 0.938. The second-order valence-electron chi connectivity index (χ2n) is 6.40. The minimum absolute atomic E-state index is 0.234. The van der Waals surface area contributed by atoms with Gasteiger partial charge in [-0.25, -0.2) is 0 Å². The zero-order valence-electron chi connectivity index (χ0n) is 12.6. The Morgan fingerprint density at radius 3 is 2.58 bits per heavy atom. The quantitative estimate of drug-likeness (QED) is 0.829. The molecule has 2 unspecified atom stereocenters. The van der Waals surface area contributed by atoms with Gasteiger partial charge in [-0.2, -0.15) is 5.26 Å². The molecule has 1 saturated carbocycles. The van der Waals surface area contributed by atoms with E-state index in [-0.39, 0.29) is 5.54 Å². The maximum Gasteiger partial charge on any atom is 0.108 e. The van der Waals surface area contributed by atoms with E-state index in [1.165, 1.54) is 38.8 Å². The van der Waals surface area contributed by atoms with Gasteiger partial charge in [-0.1, -0.05) is 20.3 Å². The first-order valence-corrected chi connectivity index (χ1v) is 8.13. The van der Waals surface area contributed by atoms with Crippen LogP contribution in [0.3, 0.4) is 0 Å². The van der Waals surface area contributed by atoms with Gasteiger partial charge < -0.3 is 4.90 Å². The third-order valence-corrected chi connectivity index (χ3v) is 5.16. The van der Waals surface area contributed by atoms with Crippen LogP contribution in [-0.2, 0) is 0 Å². The van der Waals surface area contributed by atoms with E-state index >= 15 is 0 Å². The van der Waals surface area contributed by atoms with Crippen molar-refractivity contribution in [1.82, 2.24) is 10.2 Å². The summed E-state index contributed by atoms with van der Waals surface area (Å²) in [5, 5.41) is 13.0. The number of nitrogens with zero attached hydrogens (tertiary/aromatic N) is 2. The highest BCUT2D eigenvalue weighted by atomic mass is 15.2. The van der Waals surface area contributed by atoms with Crippen LogP contribution in [0, 0.1) is 17.2 Å². The topological polar surface area (TPSA) is 39.1 Å². The number of likely N-dealkylation sites (tertiary alicyclic amines) is 1. The number of nitrogens with one attached hydrogen (secondary N) is 1. The van der Waals surface area contributed by atoms with Gasteiger partial charge in [0.25, 0.3) is 0 Å². The van der Waals surface area contributed by atoms with E-state index in [1.54, 1.807) is 0 Å². The summed E-state index contributed by atoms with van der Waals surface area (Å²) < 4.78 is 0. The number of hydrogen-bond donors (Lipinski definition) is 1. The summed E-state index contributed by atoms with van der Waals surface area (Å²) in [7, 11) is 0. The van der Waals surface area contributed by atoms with Crippen molar-refractivity contribution in [3.63, 3.8) is 0 Å². The van der Waals surface area contributed by atoms with Crippen molar-refractivity contribution in [3.05, 3.63) is 0 Å². The van der Waals surface area contributed by atoms with E-state index in [0.29, 0.717) is 6.04 Å². The standard InChI is InChI=1S/C16H29N3/c1-3-9-18-16(13-17)8-5-15(12-16)19-10-6-14(4-2)7-11-19/h14-15,18H,3-12H2,1-2H3. The molecule has 1 saturated heterocycles. The van der Waals surface area contributed by atoms with Crippen LogP contribution in [0.5, 0.6) is 0 Å². The van der Waals surface area contributed by atoms with Gasteiger partial charge in [-0.05, 0) is 64.1 Å². The molecule has 108 valence electrons. The predicted molar refractivity (Wildman–Crippen MR) is 78.9 cm³/mol. The molecule has 0 aromatic carbocycles. The number of hydrogen-bond acceptors (Lipinski definition) is 3. The molecule has 1 aliphatic carbocycles. The summed E-state index contributed by atoms with van der Waals surface area (Å²) in [6.07, 6.45) is 8.40. The van der Waals surface area contributed by atoms with E-state index in [0.717, 1.165) is 31.7 Å². The van der Waals surface area contributed by atoms with Crippen LogP contribution in [0.25, 0.3) is 0 Å². The summed E-state index contributed by atoms with van der Waals surface area (Å²) >= 11 is 0. The summed E-state index contributed by atoms with van der Waals surface area (Å²) in [5.74, 6) is 0.941. The van der Waals surface area contributed by atoms with Crippen LogP contribution >= 0.6 is 0 Å². The third kappa shape index (κ3) is 3.49. The lowest BCUT2D eigenvalue weighted by Crippen LogP contribution is -2.45. The number of rotatable bonds is 5. The van der Waals surface area contributed by atoms with Gasteiger partial charge in [-0.3, -0.25) is 5.32 Å². The highest BCUT2D eigenvalue weighted by Gasteiger charge is 2.41. The van der Waals surface area contributed by atoms with Gasteiger partial charge >= 0.3 is 0 Å². The first-order chi connectivity index (χ1) is 9.23. The lowest BCUT2D eigenvalue weighted by molar-refractivity contribution is 0.129. The smallest absolute Gasteiger partial charge is 0.108 e. The molecule has 2 fully saturated rings. The van der Waals surface area contributed by atoms with Gasteiger partial charge in [0, 0.05) is 6.04 Å². The van der Waals surface area contributed by atoms with Crippen LogP contribution < -0.4 is 5.32 Å². The van der Waals surface area contributed by atoms with Gasteiger partial charge in [0.15, 0.2) is 0 Å². The number of nitriles is 1. The van der Waals surface area contributed by atoms with E-state index in [1.807, 2.05) is 0 Å². The van der Waals surface area contributed by atoms with Gasteiger partial charge in [0.2, 0.25) is 0 Å². The molecule has 0 aromatic heterocycles. The fourth-order valence-electron chi connectivity index (χ4n) is 3.72. The van der Waals surface area contributed by atoms with Crippen molar-refractivity contribution in [2.45, 2.75) is 70.4 Å². The normalized spacial score (nSPS) is 33.4. The van der Waals surface area contributed by atoms with Crippen LogP contribution in [-0.4, -0.2) is 36.1 Å². The lowest BCUT2D eigenvalue weighted by atomic mass is 9.93. The predicted octanol–water partition coefficient (Wildman–Crippen LogP) is 2.92. The molecule has 0 bridgehead atoms. The monoisotopic (exact) mass is 263 g/mol. The Labute approximate surface area is 118 Å². The Bertz CT molecular complexity index is 314. The fourth-order valence-corrected chi connectivity index (χ4v) is 3.72. The highest BCUT2D eigenvalue weighted by molar-refractivity contribution is 5.13. The average Bonchev–Trinajstić information content (AvgIpc) is 2.90. The second-order valence-corrected chi connectivity index (χ2v) is 6.40. The molecule has 1 N–H and O–H groups in total. The van der Waals surface area contributed by atoms with E-state index in [9.17, 15) is 5.26 Å². The SMILES string of the molecule is CCCNC1(C#N)CCC(N2CCC(CC)CC2)C1. The van der Waals surface area contributed by atoms with E-state index in [2.05, 4.69) is 30.1 Å². The van der Waals surface area contributed by atoms with Crippen molar-refractivity contribution in [3.8, 4) is 6.07 Å². The Balaban J connectivity index is 1.86. The van der Waals surface area contributed by atoms with Crippen molar-refractivity contribution in [2.24, 2.45) is 5.92 Å². The molecule has 0 spiro atoms. The molecule has 0 aromatic rings. The molecule has 1 heterocycles. The Hall–Kier alpha value is -0.590. The molecule has 2 atom stereocenters. The van der Waals surface area contributed by atoms with E-state index in [4.69, 9.17) is 0 Å². The van der Waals surface area contributed by atoms with Crippen molar-refractivity contribution < 1.29 is 0 Å². The molecule has 3 heteroatoms. The van der Waals surface area contributed by atoms with Gasteiger partial charge in [0.05, 0.1) is 6.07 Å². The lowest BCUT2D eigenvalue weighted by Gasteiger charge is -2.36. The van der Waals surface area contributed by atoms with E-state index < -0.39 is 0 Å². The van der Waals surface area contributed by atoms with Crippen LogP contribution in [0.1, 0.15) is 58.8 Å². The van der Waals surface area contributed by atoms with Crippen molar-refractivity contribution >= 4 is 0 Å². The molecular formula is C16H29N3. The van der Waals surface area contributed by atoms with Gasteiger partial charge in [-0.15, -0.1) is 0 Å². The molecule has 0 radical (unpaired) electrons. The Morgan fingerprint density at radius 2 is 2.00 bits per heavy atom. The summed E-state index contributed by atoms with van der Waals surface area (Å²) in [4.78, 5) is 2.65. The molecule has 0 amide bonds. The maximum atomic E-state index is 9.51. The van der Waals surface area contributed by atoms with Gasteiger partial charge in [0.1, 0.15) is 5.54 Å². The maximum absolute atomic E-state index is 9.51. The molecule has 1 aliphatic heterocycles. The molecule has 2 rings (SSSR count). The molecule has 2 aliphatic rings. The Kier molecular flexibility index (Phi) is 5.24. The summed E-state index contributed by atoms with van der Waals surface area (Å²) in [6.45, 7) is 7.94.